The summed E-state index contributed by atoms with van der Waals surface area (Å²) >= 11 is 0. The molecule has 1 heterocycles. The molecule has 1 N–H and O–H groups in total. The predicted molar refractivity (Wildman–Crippen MR) is 100 cm³/mol. The lowest BCUT2D eigenvalue weighted by atomic mass is 10.1. The van der Waals surface area contributed by atoms with E-state index in [0.29, 0.717) is 30.8 Å². The van der Waals surface area contributed by atoms with Crippen LogP contribution >= 0.6 is 0 Å². The van der Waals surface area contributed by atoms with Crippen LogP contribution in [0.15, 0.2) is 42.5 Å². The smallest absolute Gasteiger partial charge is 0.235 e. The second-order valence-electron chi connectivity index (χ2n) is 6.45. The molecule has 1 fully saturated rings. The van der Waals surface area contributed by atoms with E-state index in [9.17, 15) is 13.2 Å². The lowest BCUT2D eigenvalue weighted by molar-refractivity contribution is -0.115. The van der Waals surface area contributed by atoms with Gasteiger partial charge in [-0.05, 0) is 49.6 Å². The van der Waals surface area contributed by atoms with Gasteiger partial charge in [0.05, 0.1) is 17.9 Å². The van der Waals surface area contributed by atoms with Gasteiger partial charge in [-0.15, -0.1) is 0 Å². The maximum Gasteiger partial charge on any atom is 0.235 e. The number of sulfonamides is 1. The summed E-state index contributed by atoms with van der Waals surface area (Å²) in [6, 6.07) is 13.2. The minimum absolute atomic E-state index is 0.0877. The zero-order valence-electron chi connectivity index (χ0n) is 14.5. The van der Waals surface area contributed by atoms with E-state index in [1.54, 1.807) is 12.1 Å². The summed E-state index contributed by atoms with van der Waals surface area (Å²) < 4.78 is 25.5. The molecule has 132 valence electrons. The Morgan fingerprint density at radius 1 is 1.16 bits per heavy atom. The van der Waals surface area contributed by atoms with Crippen LogP contribution in [0.3, 0.4) is 0 Å². The Morgan fingerprint density at radius 2 is 1.96 bits per heavy atom. The van der Waals surface area contributed by atoms with Crippen molar-refractivity contribution in [1.29, 1.82) is 0 Å². The minimum Gasteiger partial charge on any atom is -0.326 e. The van der Waals surface area contributed by atoms with E-state index < -0.39 is 10.0 Å². The lowest BCUT2D eigenvalue weighted by Gasteiger charge is -2.18. The second-order valence-corrected chi connectivity index (χ2v) is 8.47. The number of nitrogens with zero attached hydrogens (tertiary/aromatic N) is 1. The second kappa shape index (κ2) is 6.88. The number of rotatable bonds is 4. The molecule has 0 radical (unpaired) electrons. The first kappa shape index (κ1) is 17.5. The molecule has 1 amide bonds. The number of anilines is 2. The molecule has 5 nitrogen and oxygen atoms in total. The number of hydrogen-bond acceptors (Lipinski definition) is 3. The molecule has 0 spiro atoms. The fourth-order valence-electron chi connectivity index (χ4n) is 3.07. The largest absolute Gasteiger partial charge is 0.326 e. The summed E-state index contributed by atoms with van der Waals surface area (Å²) in [4.78, 5) is 12.3. The van der Waals surface area contributed by atoms with E-state index >= 15 is 0 Å². The molecule has 0 aliphatic carbocycles. The Kier molecular flexibility index (Phi) is 4.81. The predicted octanol–water partition coefficient (Wildman–Crippen LogP) is 3.02. The van der Waals surface area contributed by atoms with Crippen LogP contribution in [0.1, 0.15) is 23.1 Å². The van der Waals surface area contributed by atoms with E-state index in [0.717, 1.165) is 16.7 Å². The molecule has 6 heteroatoms. The van der Waals surface area contributed by atoms with Crippen LogP contribution in [0.5, 0.6) is 0 Å². The number of nitrogens with one attached hydrogen (secondary N) is 1. The van der Waals surface area contributed by atoms with Gasteiger partial charge in [0.25, 0.3) is 0 Å². The maximum absolute atomic E-state index is 12.3. The third-order valence-electron chi connectivity index (χ3n) is 4.32. The van der Waals surface area contributed by atoms with Crippen molar-refractivity contribution < 1.29 is 13.2 Å². The van der Waals surface area contributed by atoms with Crippen molar-refractivity contribution in [3.05, 3.63) is 59.2 Å². The Labute approximate surface area is 148 Å². The van der Waals surface area contributed by atoms with Crippen LogP contribution in [0.4, 0.5) is 11.4 Å². The number of benzene rings is 2. The summed E-state index contributed by atoms with van der Waals surface area (Å²) in [6.45, 7) is 4.38. The topological polar surface area (TPSA) is 66.5 Å². The average Bonchev–Trinajstić information content (AvgIpc) is 2.88. The van der Waals surface area contributed by atoms with Crippen LogP contribution < -0.4 is 9.62 Å². The van der Waals surface area contributed by atoms with Crippen LogP contribution in [0, 0.1) is 13.8 Å². The fourth-order valence-corrected chi connectivity index (χ4v) is 4.63. The summed E-state index contributed by atoms with van der Waals surface area (Å²) in [5.41, 5.74) is 4.30. The van der Waals surface area contributed by atoms with Crippen molar-refractivity contribution in [2.75, 3.05) is 21.9 Å². The molecule has 0 aromatic heterocycles. The Bertz CT molecular complexity index is 907. The summed E-state index contributed by atoms with van der Waals surface area (Å²) in [5.74, 6) is 0.108. The van der Waals surface area contributed by atoms with Gasteiger partial charge in [0.15, 0.2) is 0 Å². The maximum atomic E-state index is 12.3. The van der Waals surface area contributed by atoms with Crippen molar-refractivity contribution in [1.82, 2.24) is 0 Å². The molecule has 0 bridgehead atoms. The number of carbonyl (C=O) groups is 1. The van der Waals surface area contributed by atoms with Crippen molar-refractivity contribution >= 4 is 27.3 Å². The molecule has 0 saturated carbocycles. The molecule has 0 atom stereocenters. The third kappa shape index (κ3) is 4.02. The van der Waals surface area contributed by atoms with Crippen LogP contribution in [-0.2, 0) is 21.2 Å². The molecule has 0 unspecified atom stereocenters. The monoisotopic (exact) mass is 358 g/mol. The van der Waals surface area contributed by atoms with Crippen molar-refractivity contribution in [2.45, 2.75) is 26.7 Å². The van der Waals surface area contributed by atoms with E-state index in [4.69, 9.17) is 0 Å². The first-order valence-corrected chi connectivity index (χ1v) is 9.92. The third-order valence-corrected chi connectivity index (χ3v) is 6.19. The van der Waals surface area contributed by atoms with Gasteiger partial charge in [-0.3, -0.25) is 9.10 Å². The SMILES string of the molecule is Cc1cccc(CC(=O)Nc2ccc(N3CCCS3(=O)=O)cc2C)c1. The van der Waals surface area contributed by atoms with Gasteiger partial charge in [0.1, 0.15) is 0 Å². The van der Waals surface area contributed by atoms with E-state index in [1.807, 2.05) is 44.2 Å². The summed E-state index contributed by atoms with van der Waals surface area (Å²) in [6.07, 6.45) is 0.958. The number of carbonyl (C=O) groups excluding carboxylic acids is 1. The van der Waals surface area contributed by atoms with E-state index in [1.165, 1.54) is 4.31 Å². The lowest BCUT2D eigenvalue weighted by Crippen LogP contribution is -2.25. The highest BCUT2D eigenvalue weighted by atomic mass is 32.2. The quantitative estimate of drug-likeness (QED) is 0.913. The van der Waals surface area contributed by atoms with Gasteiger partial charge in [-0.2, -0.15) is 0 Å². The molecular weight excluding hydrogens is 336 g/mol. The van der Waals surface area contributed by atoms with Gasteiger partial charge in [-0.25, -0.2) is 8.42 Å². The van der Waals surface area contributed by atoms with Gasteiger partial charge in [0, 0.05) is 12.2 Å². The van der Waals surface area contributed by atoms with Gasteiger partial charge in [0.2, 0.25) is 15.9 Å². The zero-order chi connectivity index (χ0) is 18.0. The Balaban J connectivity index is 1.72. The summed E-state index contributed by atoms with van der Waals surface area (Å²) in [5, 5.41) is 2.91. The highest BCUT2D eigenvalue weighted by molar-refractivity contribution is 7.93. The van der Waals surface area contributed by atoms with E-state index in [2.05, 4.69) is 5.32 Å². The highest BCUT2D eigenvalue weighted by Crippen LogP contribution is 2.28. The van der Waals surface area contributed by atoms with E-state index in [-0.39, 0.29) is 11.7 Å². The van der Waals surface area contributed by atoms with Crippen molar-refractivity contribution in [2.24, 2.45) is 0 Å². The average molecular weight is 358 g/mol. The number of hydrogen-bond donors (Lipinski definition) is 1. The van der Waals surface area contributed by atoms with Crippen molar-refractivity contribution in [3.8, 4) is 0 Å². The molecular formula is C19H22N2O3S. The van der Waals surface area contributed by atoms with Gasteiger partial charge in [-0.1, -0.05) is 29.8 Å². The van der Waals surface area contributed by atoms with Gasteiger partial charge < -0.3 is 5.32 Å². The van der Waals surface area contributed by atoms with Crippen molar-refractivity contribution in [3.63, 3.8) is 0 Å². The molecule has 1 saturated heterocycles. The molecule has 3 rings (SSSR count). The van der Waals surface area contributed by atoms with Crippen LogP contribution in [0.25, 0.3) is 0 Å². The minimum atomic E-state index is -3.19. The zero-order valence-corrected chi connectivity index (χ0v) is 15.3. The fraction of sp³-hybridized carbons (Fsp3) is 0.316. The standard InChI is InChI=1S/C19H22N2O3S/c1-14-5-3-6-16(11-14)13-19(22)20-18-8-7-17(12-15(18)2)21-9-4-10-25(21,23)24/h3,5-8,11-12H,4,9-10,13H2,1-2H3,(H,20,22). The first-order chi connectivity index (χ1) is 11.8. The van der Waals surface area contributed by atoms with Crippen LogP contribution in [-0.4, -0.2) is 26.6 Å². The normalized spacial score (nSPS) is 16.0. The molecule has 2 aromatic rings. The summed E-state index contributed by atoms with van der Waals surface area (Å²) in [7, 11) is -3.19. The number of amides is 1. The molecule has 25 heavy (non-hydrogen) atoms. The molecule has 2 aromatic carbocycles. The Hall–Kier alpha value is -2.34. The number of aryl methyl sites for hydroxylation is 2. The molecule has 1 aliphatic heterocycles. The molecule has 1 aliphatic rings. The first-order valence-electron chi connectivity index (χ1n) is 8.32. The van der Waals surface area contributed by atoms with Gasteiger partial charge >= 0.3 is 0 Å². The Morgan fingerprint density at radius 3 is 2.60 bits per heavy atom. The van der Waals surface area contributed by atoms with Crippen LogP contribution in [0.2, 0.25) is 0 Å². The highest BCUT2D eigenvalue weighted by Gasteiger charge is 2.28.